The molecule has 25 heavy (non-hydrogen) atoms. The van der Waals surface area contributed by atoms with Crippen LogP contribution in [0.1, 0.15) is 75.7 Å². The van der Waals surface area contributed by atoms with Crippen LogP contribution in [0, 0.1) is 6.92 Å². The Hall–Kier alpha value is -1.33. The lowest BCUT2D eigenvalue weighted by Crippen LogP contribution is -2.41. The lowest BCUT2D eigenvalue weighted by atomic mass is 9.76. The summed E-state index contributed by atoms with van der Waals surface area (Å²) in [5.74, 6) is 0.0236. The first-order valence-corrected chi connectivity index (χ1v) is 9.47. The molecule has 1 aliphatic carbocycles. The number of carbonyl (C=O) groups is 1. The molecule has 2 aliphatic rings. The molecule has 1 aliphatic heterocycles. The fourth-order valence-corrected chi connectivity index (χ4v) is 3.57. The summed E-state index contributed by atoms with van der Waals surface area (Å²) in [5, 5.41) is 3.18. The van der Waals surface area contributed by atoms with E-state index in [1.54, 1.807) is 0 Å². The van der Waals surface area contributed by atoms with E-state index in [0.717, 1.165) is 23.9 Å². The van der Waals surface area contributed by atoms with Crippen molar-refractivity contribution in [3.8, 4) is 0 Å². The van der Waals surface area contributed by atoms with E-state index in [1.165, 1.54) is 19.3 Å². The van der Waals surface area contributed by atoms with Crippen molar-refractivity contribution in [2.75, 3.05) is 0 Å². The standard InChI is InChI=1S/C20H30BNO3/c1-14-13-15(18(23)22-16-9-7-6-8-10-16)11-12-17(14)21-24-19(2,3)20(4,5)25-21/h11-13,16H,6-10H2,1-5H3,(H,22,23). The van der Waals surface area contributed by atoms with Crippen LogP contribution >= 0.6 is 0 Å². The van der Waals surface area contributed by atoms with Crippen LogP contribution in [0.3, 0.4) is 0 Å². The topological polar surface area (TPSA) is 47.6 Å². The molecular formula is C20H30BNO3. The molecule has 1 aromatic carbocycles. The molecule has 4 nitrogen and oxygen atoms in total. The molecule has 0 bridgehead atoms. The minimum atomic E-state index is -0.388. The predicted molar refractivity (Wildman–Crippen MR) is 101 cm³/mol. The Morgan fingerprint density at radius 1 is 1.08 bits per heavy atom. The number of hydrogen-bond acceptors (Lipinski definition) is 3. The van der Waals surface area contributed by atoms with Crippen molar-refractivity contribution in [2.24, 2.45) is 0 Å². The molecule has 0 spiro atoms. The first-order valence-electron chi connectivity index (χ1n) is 9.47. The highest BCUT2D eigenvalue weighted by Crippen LogP contribution is 2.36. The summed E-state index contributed by atoms with van der Waals surface area (Å²) in [5.41, 5.74) is 2.01. The molecule has 0 unspecified atom stereocenters. The monoisotopic (exact) mass is 343 g/mol. The SMILES string of the molecule is Cc1cc(C(=O)NC2CCCCC2)ccc1B1OC(C)(C)C(C)(C)O1. The summed E-state index contributed by atoms with van der Waals surface area (Å²) in [6.45, 7) is 10.2. The zero-order chi connectivity index (χ0) is 18.2. The normalized spacial score (nSPS) is 22.8. The lowest BCUT2D eigenvalue weighted by molar-refractivity contribution is 0.00578. The first-order chi connectivity index (χ1) is 11.7. The highest BCUT2D eigenvalue weighted by Gasteiger charge is 2.52. The molecule has 136 valence electrons. The number of carbonyl (C=O) groups excluding carboxylic acids is 1. The minimum absolute atomic E-state index is 0.0236. The number of aryl methyl sites for hydroxylation is 1. The molecule has 1 amide bonds. The van der Waals surface area contributed by atoms with Crippen LogP contribution in [0.15, 0.2) is 18.2 Å². The number of hydrogen-bond donors (Lipinski definition) is 1. The Balaban J connectivity index is 1.72. The van der Waals surface area contributed by atoms with Crippen molar-refractivity contribution in [3.05, 3.63) is 29.3 Å². The molecule has 5 heteroatoms. The molecule has 1 heterocycles. The smallest absolute Gasteiger partial charge is 0.399 e. The summed E-state index contributed by atoms with van der Waals surface area (Å²) >= 11 is 0. The van der Waals surface area contributed by atoms with Gasteiger partial charge in [-0.15, -0.1) is 0 Å². The second kappa shape index (κ2) is 6.77. The summed E-state index contributed by atoms with van der Waals surface area (Å²) in [4.78, 5) is 12.5. The highest BCUT2D eigenvalue weighted by molar-refractivity contribution is 6.62. The minimum Gasteiger partial charge on any atom is -0.399 e. The summed E-state index contributed by atoms with van der Waals surface area (Å²) < 4.78 is 12.3. The molecule has 0 aromatic heterocycles. The molecule has 1 aromatic rings. The zero-order valence-corrected chi connectivity index (χ0v) is 16.1. The molecule has 1 saturated carbocycles. The Morgan fingerprint density at radius 2 is 1.68 bits per heavy atom. The molecule has 2 fully saturated rings. The fourth-order valence-electron chi connectivity index (χ4n) is 3.57. The summed E-state index contributed by atoms with van der Waals surface area (Å²) in [7, 11) is -0.388. The van der Waals surface area contributed by atoms with Crippen molar-refractivity contribution in [1.82, 2.24) is 5.32 Å². The van der Waals surface area contributed by atoms with E-state index >= 15 is 0 Å². The third-order valence-electron chi connectivity index (χ3n) is 5.98. The third-order valence-corrected chi connectivity index (χ3v) is 5.98. The van der Waals surface area contributed by atoms with Crippen molar-refractivity contribution in [3.63, 3.8) is 0 Å². The molecule has 0 radical (unpaired) electrons. The first kappa shape index (κ1) is 18.5. The van der Waals surface area contributed by atoms with Gasteiger partial charge in [-0.3, -0.25) is 4.79 Å². The van der Waals surface area contributed by atoms with Gasteiger partial charge in [0.1, 0.15) is 0 Å². The molecular weight excluding hydrogens is 313 g/mol. The molecule has 3 rings (SSSR count). The average Bonchev–Trinajstić information content (AvgIpc) is 2.76. The average molecular weight is 343 g/mol. The Morgan fingerprint density at radius 3 is 2.24 bits per heavy atom. The maximum absolute atomic E-state index is 12.5. The lowest BCUT2D eigenvalue weighted by Gasteiger charge is -2.32. The van der Waals surface area contributed by atoms with Crippen molar-refractivity contribution >= 4 is 18.5 Å². The second-order valence-electron chi connectivity index (χ2n) is 8.47. The van der Waals surface area contributed by atoms with E-state index < -0.39 is 0 Å². The second-order valence-corrected chi connectivity index (χ2v) is 8.47. The van der Waals surface area contributed by atoms with E-state index in [1.807, 2.05) is 52.8 Å². The van der Waals surface area contributed by atoms with Gasteiger partial charge in [0.15, 0.2) is 0 Å². The number of rotatable bonds is 3. The van der Waals surface area contributed by atoms with Crippen LogP contribution in [-0.2, 0) is 9.31 Å². The molecule has 1 saturated heterocycles. The van der Waals surface area contributed by atoms with Crippen LogP contribution in [0.2, 0.25) is 0 Å². The highest BCUT2D eigenvalue weighted by atomic mass is 16.7. The van der Waals surface area contributed by atoms with Crippen molar-refractivity contribution < 1.29 is 14.1 Å². The zero-order valence-electron chi connectivity index (χ0n) is 16.1. The van der Waals surface area contributed by atoms with Gasteiger partial charge >= 0.3 is 7.12 Å². The van der Waals surface area contributed by atoms with E-state index in [0.29, 0.717) is 11.6 Å². The summed E-state index contributed by atoms with van der Waals surface area (Å²) in [6, 6.07) is 6.11. The van der Waals surface area contributed by atoms with Gasteiger partial charge in [0, 0.05) is 11.6 Å². The third kappa shape index (κ3) is 3.77. The van der Waals surface area contributed by atoms with Crippen LogP contribution in [0.5, 0.6) is 0 Å². The van der Waals surface area contributed by atoms with Crippen molar-refractivity contribution in [2.45, 2.75) is 84.0 Å². The Labute approximate surface area is 151 Å². The Kier molecular flexibility index (Phi) is 5.00. The largest absolute Gasteiger partial charge is 0.495 e. The van der Waals surface area contributed by atoms with Gasteiger partial charge in [0.05, 0.1) is 11.2 Å². The van der Waals surface area contributed by atoms with E-state index in [2.05, 4.69) is 5.32 Å². The number of amides is 1. The van der Waals surface area contributed by atoms with Crippen LogP contribution < -0.4 is 10.8 Å². The predicted octanol–water partition coefficient (Wildman–Crippen LogP) is 3.36. The van der Waals surface area contributed by atoms with E-state index in [9.17, 15) is 4.79 Å². The fraction of sp³-hybridized carbons (Fsp3) is 0.650. The van der Waals surface area contributed by atoms with Crippen LogP contribution in [0.25, 0.3) is 0 Å². The number of nitrogens with one attached hydrogen (secondary N) is 1. The van der Waals surface area contributed by atoms with E-state index in [4.69, 9.17) is 9.31 Å². The van der Waals surface area contributed by atoms with Gasteiger partial charge in [-0.2, -0.15) is 0 Å². The number of benzene rings is 1. The Bertz CT molecular complexity index is 634. The van der Waals surface area contributed by atoms with Crippen LogP contribution in [0.4, 0.5) is 0 Å². The quantitative estimate of drug-likeness (QED) is 0.856. The van der Waals surface area contributed by atoms with Gasteiger partial charge < -0.3 is 14.6 Å². The summed E-state index contributed by atoms with van der Waals surface area (Å²) in [6.07, 6.45) is 5.90. The maximum atomic E-state index is 12.5. The maximum Gasteiger partial charge on any atom is 0.495 e. The van der Waals surface area contributed by atoms with Gasteiger partial charge in [-0.1, -0.05) is 30.9 Å². The van der Waals surface area contributed by atoms with E-state index in [-0.39, 0.29) is 24.2 Å². The van der Waals surface area contributed by atoms with Crippen LogP contribution in [-0.4, -0.2) is 30.3 Å². The van der Waals surface area contributed by atoms with Gasteiger partial charge in [0.2, 0.25) is 0 Å². The van der Waals surface area contributed by atoms with Gasteiger partial charge in [-0.25, -0.2) is 0 Å². The van der Waals surface area contributed by atoms with Crippen molar-refractivity contribution in [1.29, 1.82) is 0 Å². The molecule has 0 atom stereocenters. The van der Waals surface area contributed by atoms with Gasteiger partial charge in [-0.05, 0) is 65.1 Å². The van der Waals surface area contributed by atoms with Gasteiger partial charge in [0.25, 0.3) is 5.91 Å². The molecule has 1 N–H and O–H groups in total.